The fourth-order valence-electron chi connectivity index (χ4n) is 9.20. The van der Waals surface area contributed by atoms with Crippen LogP contribution in [0.2, 0.25) is 19.6 Å². The van der Waals surface area contributed by atoms with Crippen LogP contribution in [-0.2, 0) is 0 Å². The van der Waals surface area contributed by atoms with E-state index in [1.54, 1.807) is 0 Å². The van der Waals surface area contributed by atoms with E-state index >= 15 is 0 Å². The summed E-state index contributed by atoms with van der Waals surface area (Å²) in [5.41, 5.74) is 13.6. The monoisotopic (exact) mass is 826 g/mol. The molecule has 10 aromatic rings. The van der Waals surface area contributed by atoms with Gasteiger partial charge in [0.25, 0.3) is 0 Å². The topological polar surface area (TPSA) is 15.7 Å². The van der Waals surface area contributed by atoms with Gasteiger partial charge in [-0.25, -0.2) is 0 Å². The summed E-state index contributed by atoms with van der Waals surface area (Å²) in [6, 6.07) is 81.0. The number of benzene rings is 10. The summed E-state index contributed by atoms with van der Waals surface area (Å²) in [6.45, 7) is 7.18. The molecule has 0 atom stereocenters. The number of rotatable bonds is 9. The number of ether oxygens (including phenoxy) is 1. The van der Waals surface area contributed by atoms with Crippen LogP contribution in [0.3, 0.4) is 0 Å². The van der Waals surface area contributed by atoms with Gasteiger partial charge in [0.05, 0.1) is 13.8 Å². The highest BCUT2D eigenvalue weighted by Crippen LogP contribution is 2.51. The van der Waals surface area contributed by atoms with Crippen molar-refractivity contribution in [3.05, 3.63) is 224 Å². The van der Waals surface area contributed by atoms with Crippen LogP contribution in [0.5, 0.6) is 11.5 Å². The molecule has 0 spiro atoms. The van der Waals surface area contributed by atoms with Gasteiger partial charge in [-0.1, -0.05) is 158 Å². The standard InChI is InChI=1S/C59H46N2OSi/c1-63(2,3)50-35-32-47(33-36-50)60(45-18-9-5-10-19-45)49-34-37-52-55-39-44-27-26-43(38-54(44)53-23-15-25-57(59(53)55)62-58(52)40-49)41-28-30-48(31-29-41)61(46-20-11-6-12-21-46)56-24-14-13-22-51(56)42-16-7-4-8-17-42/h4-40H,1-3H3. The van der Waals surface area contributed by atoms with Crippen molar-refractivity contribution in [1.82, 2.24) is 0 Å². The van der Waals surface area contributed by atoms with E-state index in [9.17, 15) is 0 Å². The Kier molecular flexibility index (Phi) is 9.52. The first kappa shape index (κ1) is 38.3. The Balaban J connectivity index is 0.960. The molecule has 0 saturated heterocycles. The molecule has 0 saturated carbocycles. The van der Waals surface area contributed by atoms with Crippen LogP contribution in [0.15, 0.2) is 224 Å². The molecule has 0 unspecified atom stereocenters. The third kappa shape index (κ3) is 7.05. The second kappa shape index (κ2) is 15.7. The fraction of sp³-hybridized carbons (Fsp3) is 0.0508. The normalized spacial score (nSPS) is 11.9. The van der Waals surface area contributed by atoms with Gasteiger partial charge in [-0.15, -0.1) is 0 Å². The second-order valence-electron chi connectivity index (χ2n) is 17.4. The minimum absolute atomic E-state index is 0.860. The average Bonchev–Trinajstić information content (AvgIpc) is 3.33. The van der Waals surface area contributed by atoms with Gasteiger partial charge < -0.3 is 14.5 Å². The molecule has 0 N–H and O–H groups in total. The largest absolute Gasteiger partial charge is 0.456 e. The number of hydrogen-bond acceptors (Lipinski definition) is 3. The number of nitrogens with zero attached hydrogens (tertiary/aromatic N) is 2. The van der Waals surface area contributed by atoms with E-state index in [2.05, 4.69) is 254 Å². The van der Waals surface area contributed by atoms with Crippen molar-refractivity contribution >= 4 is 68.9 Å². The van der Waals surface area contributed by atoms with Crippen LogP contribution in [-0.4, -0.2) is 8.07 Å². The lowest BCUT2D eigenvalue weighted by Crippen LogP contribution is -2.37. The minimum atomic E-state index is -1.44. The molecule has 1 aliphatic rings. The van der Waals surface area contributed by atoms with Crippen molar-refractivity contribution in [3.63, 3.8) is 0 Å². The average molecular weight is 827 g/mol. The van der Waals surface area contributed by atoms with Gasteiger partial charge in [-0.2, -0.15) is 0 Å². The molecule has 0 aliphatic carbocycles. The molecule has 0 radical (unpaired) electrons. The highest BCUT2D eigenvalue weighted by atomic mass is 28.3. The highest BCUT2D eigenvalue weighted by molar-refractivity contribution is 6.88. The van der Waals surface area contributed by atoms with E-state index in [4.69, 9.17) is 4.74 Å². The second-order valence-corrected chi connectivity index (χ2v) is 22.5. The van der Waals surface area contributed by atoms with E-state index < -0.39 is 8.07 Å². The van der Waals surface area contributed by atoms with Crippen molar-refractivity contribution in [2.45, 2.75) is 19.6 Å². The number of para-hydroxylation sites is 3. The van der Waals surface area contributed by atoms with Crippen molar-refractivity contribution < 1.29 is 4.74 Å². The Labute approximate surface area is 370 Å². The third-order valence-corrected chi connectivity index (χ3v) is 14.4. The maximum atomic E-state index is 6.86. The molecule has 302 valence electrons. The molecule has 11 rings (SSSR count). The zero-order chi connectivity index (χ0) is 42.5. The molecule has 0 aromatic heterocycles. The van der Waals surface area contributed by atoms with Crippen LogP contribution >= 0.6 is 0 Å². The third-order valence-electron chi connectivity index (χ3n) is 12.4. The Morgan fingerprint density at radius 1 is 0.349 bits per heavy atom. The van der Waals surface area contributed by atoms with Crippen molar-refractivity contribution in [2.75, 3.05) is 9.80 Å². The summed E-state index contributed by atoms with van der Waals surface area (Å²) in [7, 11) is -1.44. The van der Waals surface area contributed by atoms with E-state index in [1.807, 2.05) is 0 Å². The predicted molar refractivity (Wildman–Crippen MR) is 270 cm³/mol. The number of hydrogen-bond donors (Lipinski definition) is 0. The fourth-order valence-corrected chi connectivity index (χ4v) is 10.4. The maximum Gasteiger partial charge on any atom is 0.137 e. The maximum absolute atomic E-state index is 6.86. The van der Waals surface area contributed by atoms with Crippen LogP contribution in [0.25, 0.3) is 54.9 Å². The first-order chi connectivity index (χ1) is 30.9. The summed E-state index contributed by atoms with van der Waals surface area (Å²) < 4.78 is 6.86. The SMILES string of the molecule is C[Si](C)(C)c1ccc(N(c2ccccc2)c2ccc3c(c2)Oc2cccc4c2c-3cc2ccc(-c3ccc(N(c5ccccc5)c5ccccc5-c5ccccc5)cc3)cc24)cc1. The van der Waals surface area contributed by atoms with Gasteiger partial charge >= 0.3 is 0 Å². The molecular formula is C59H46N2OSi. The van der Waals surface area contributed by atoms with Crippen molar-refractivity contribution in [3.8, 4) is 44.9 Å². The number of fused-ring (bicyclic) bond motifs is 4. The molecule has 1 aliphatic heterocycles. The Morgan fingerprint density at radius 2 is 0.937 bits per heavy atom. The van der Waals surface area contributed by atoms with Crippen molar-refractivity contribution in [2.24, 2.45) is 0 Å². The van der Waals surface area contributed by atoms with Crippen LogP contribution in [0.4, 0.5) is 34.1 Å². The van der Waals surface area contributed by atoms with Gasteiger partial charge in [0.15, 0.2) is 0 Å². The molecule has 0 fully saturated rings. The molecule has 1 heterocycles. The van der Waals surface area contributed by atoms with Crippen LogP contribution in [0.1, 0.15) is 0 Å². The van der Waals surface area contributed by atoms with Crippen LogP contribution in [0, 0.1) is 0 Å². The van der Waals surface area contributed by atoms with Gasteiger partial charge in [-0.05, 0) is 123 Å². The van der Waals surface area contributed by atoms with Gasteiger partial charge in [0, 0.05) is 51.0 Å². The zero-order valence-electron chi connectivity index (χ0n) is 35.7. The quantitative estimate of drug-likeness (QED) is 0.106. The molecule has 4 heteroatoms. The van der Waals surface area contributed by atoms with Crippen molar-refractivity contribution in [1.29, 1.82) is 0 Å². The molecule has 0 amide bonds. The summed E-state index contributed by atoms with van der Waals surface area (Å²) in [5.74, 6) is 1.74. The lowest BCUT2D eigenvalue weighted by Gasteiger charge is -2.29. The highest BCUT2D eigenvalue weighted by Gasteiger charge is 2.25. The molecular weight excluding hydrogens is 781 g/mol. The lowest BCUT2D eigenvalue weighted by molar-refractivity contribution is 0.487. The van der Waals surface area contributed by atoms with E-state index in [0.717, 1.165) is 62.1 Å². The van der Waals surface area contributed by atoms with E-state index in [1.165, 1.54) is 43.6 Å². The van der Waals surface area contributed by atoms with Gasteiger partial charge in [-0.3, -0.25) is 0 Å². The lowest BCUT2D eigenvalue weighted by atomic mass is 9.89. The van der Waals surface area contributed by atoms with Gasteiger partial charge in [0.1, 0.15) is 11.5 Å². The predicted octanol–water partition coefficient (Wildman–Crippen LogP) is 16.6. The number of anilines is 6. The molecule has 3 nitrogen and oxygen atoms in total. The molecule has 63 heavy (non-hydrogen) atoms. The summed E-state index contributed by atoms with van der Waals surface area (Å²) in [6.07, 6.45) is 0. The van der Waals surface area contributed by atoms with Crippen LogP contribution < -0.4 is 19.7 Å². The Hall–Kier alpha value is -7.66. The molecule has 0 bridgehead atoms. The summed E-state index contributed by atoms with van der Waals surface area (Å²) in [4.78, 5) is 4.68. The minimum Gasteiger partial charge on any atom is -0.456 e. The van der Waals surface area contributed by atoms with E-state index in [-0.39, 0.29) is 0 Å². The Morgan fingerprint density at radius 3 is 1.65 bits per heavy atom. The van der Waals surface area contributed by atoms with E-state index in [0.29, 0.717) is 0 Å². The smallest absolute Gasteiger partial charge is 0.137 e. The first-order valence-electron chi connectivity index (χ1n) is 21.7. The Bertz CT molecular complexity index is 3270. The summed E-state index contributed by atoms with van der Waals surface area (Å²) in [5, 5.41) is 6.19. The summed E-state index contributed by atoms with van der Waals surface area (Å²) >= 11 is 0. The first-order valence-corrected chi connectivity index (χ1v) is 25.2. The molecule has 10 aromatic carbocycles. The zero-order valence-corrected chi connectivity index (χ0v) is 36.7. The van der Waals surface area contributed by atoms with Gasteiger partial charge in [0.2, 0.25) is 0 Å².